The van der Waals surface area contributed by atoms with E-state index in [-0.39, 0.29) is 5.97 Å². The maximum Gasteiger partial charge on any atom is 0.358 e. The summed E-state index contributed by atoms with van der Waals surface area (Å²) in [6, 6.07) is 0. The van der Waals surface area contributed by atoms with E-state index in [1.165, 1.54) is 0 Å². The minimum absolute atomic E-state index is 0.357. The van der Waals surface area contributed by atoms with Crippen LogP contribution in [0.4, 0.5) is 0 Å². The highest BCUT2D eigenvalue weighted by atomic mass is 127. The molecule has 0 aliphatic carbocycles. The first-order chi connectivity index (χ1) is 7.65. The lowest BCUT2D eigenvalue weighted by atomic mass is 10.1. The van der Waals surface area contributed by atoms with E-state index in [9.17, 15) is 4.79 Å². The quantitative estimate of drug-likeness (QED) is 0.615. The monoisotopic (exact) mass is 333 g/mol. The van der Waals surface area contributed by atoms with Gasteiger partial charge in [-0.25, -0.2) is 9.78 Å². The second-order valence-corrected chi connectivity index (χ2v) is 4.61. The van der Waals surface area contributed by atoms with Crippen LogP contribution < -0.4 is 0 Å². The lowest BCUT2D eigenvalue weighted by molar-refractivity contribution is 0.0517. The van der Waals surface area contributed by atoms with E-state index in [0.29, 0.717) is 25.5 Å². The van der Waals surface area contributed by atoms with Crippen LogP contribution in [-0.2, 0) is 22.7 Å². The molecule has 0 spiro atoms. The van der Waals surface area contributed by atoms with Crippen molar-refractivity contribution in [2.45, 2.75) is 27.1 Å². The number of aryl methyl sites for hydroxylation is 1. The van der Waals surface area contributed by atoms with Crippen molar-refractivity contribution in [3.8, 4) is 0 Å². The second-order valence-electron chi connectivity index (χ2n) is 3.53. The fraction of sp³-hybridized carbons (Fsp3) is 0.455. The van der Waals surface area contributed by atoms with Gasteiger partial charge in [-0.05, 0) is 36.4 Å². The maximum absolute atomic E-state index is 11.7. The standard InChI is InChI=1S/C11H12INO3/c1-3-16-11(14)10-9(12)8-5-15-4-7(8)6(2)13-10/h3-5H2,1-2H3. The van der Waals surface area contributed by atoms with E-state index in [2.05, 4.69) is 27.6 Å². The highest BCUT2D eigenvalue weighted by Crippen LogP contribution is 2.28. The summed E-state index contributed by atoms with van der Waals surface area (Å²) in [5.41, 5.74) is 3.45. The number of ether oxygens (including phenoxy) is 2. The van der Waals surface area contributed by atoms with Crippen LogP contribution in [0.5, 0.6) is 0 Å². The molecule has 0 radical (unpaired) electrons. The van der Waals surface area contributed by atoms with Crippen LogP contribution in [0.25, 0.3) is 0 Å². The lowest BCUT2D eigenvalue weighted by Gasteiger charge is -2.09. The van der Waals surface area contributed by atoms with E-state index < -0.39 is 0 Å². The molecule has 0 N–H and O–H groups in total. The lowest BCUT2D eigenvalue weighted by Crippen LogP contribution is -2.12. The molecule has 2 rings (SSSR count). The van der Waals surface area contributed by atoms with Crippen LogP contribution in [0.2, 0.25) is 0 Å². The van der Waals surface area contributed by atoms with Gasteiger partial charge in [-0.1, -0.05) is 0 Å². The van der Waals surface area contributed by atoms with Crippen molar-refractivity contribution in [3.05, 3.63) is 26.1 Å². The first-order valence-corrected chi connectivity index (χ1v) is 6.15. The molecule has 0 bridgehead atoms. The maximum atomic E-state index is 11.7. The Morgan fingerprint density at radius 1 is 1.50 bits per heavy atom. The Morgan fingerprint density at radius 3 is 2.88 bits per heavy atom. The number of hydrogen-bond donors (Lipinski definition) is 0. The molecule has 16 heavy (non-hydrogen) atoms. The minimum Gasteiger partial charge on any atom is -0.461 e. The third kappa shape index (κ3) is 1.93. The summed E-state index contributed by atoms with van der Waals surface area (Å²) in [6.45, 7) is 5.19. The predicted octanol–water partition coefficient (Wildman–Crippen LogP) is 2.20. The van der Waals surface area contributed by atoms with E-state index in [1.54, 1.807) is 6.92 Å². The van der Waals surface area contributed by atoms with Crippen molar-refractivity contribution in [1.82, 2.24) is 4.98 Å². The number of carbonyl (C=O) groups excluding carboxylic acids is 1. The molecule has 0 saturated carbocycles. The number of aromatic nitrogens is 1. The summed E-state index contributed by atoms with van der Waals surface area (Å²) in [5.74, 6) is -0.357. The highest BCUT2D eigenvalue weighted by Gasteiger charge is 2.24. The van der Waals surface area contributed by atoms with Crippen molar-refractivity contribution >= 4 is 28.6 Å². The number of nitrogens with zero attached hydrogens (tertiary/aromatic N) is 1. The van der Waals surface area contributed by atoms with E-state index in [1.807, 2.05) is 6.92 Å². The molecular weight excluding hydrogens is 321 g/mol. The predicted molar refractivity (Wildman–Crippen MR) is 66.1 cm³/mol. The molecule has 1 aromatic rings. The van der Waals surface area contributed by atoms with E-state index in [4.69, 9.17) is 9.47 Å². The summed E-state index contributed by atoms with van der Waals surface area (Å²) in [5, 5.41) is 0. The summed E-state index contributed by atoms with van der Waals surface area (Å²) in [7, 11) is 0. The molecular formula is C11H12INO3. The fourth-order valence-corrected chi connectivity index (χ4v) is 2.53. The molecule has 1 aliphatic heterocycles. The third-order valence-corrected chi connectivity index (χ3v) is 3.68. The topological polar surface area (TPSA) is 48.4 Å². The van der Waals surface area contributed by atoms with Gasteiger partial charge in [-0.15, -0.1) is 0 Å². The SMILES string of the molecule is CCOC(=O)c1nc(C)c2c(c1I)COC2. The minimum atomic E-state index is -0.357. The zero-order chi connectivity index (χ0) is 11.7. The number of carbonyl (C=O) groups is 1. The van der Waals surface area contributed by atoms with Crippen molar-refractivity contribution in [2.75, 3.05) is 6.61 Å². The van der Waals surface area contributed by atoms with Crippen molar-refractivity contribution in [3.63, 3.8) is 0 Å². The first-order valence-electron chi connectivity index (χ1n) is 5.07. The van der Waals surface area contributed by atoms with E-state index >= 15 is 0 Å². The molecule has 2 heterocycles. The van der Waals surface area contributed by atoms with Crippen LogP contribution in [-0.4, -0.2) is 17.6 Å². The smallest absolute Gasteiger partial charge is 0.358 e. The molecule has 0 fully saturated rings. The van der Waals surface area contributed by atoms with Crippen LogP contribution in [0.15, 0.2) is 0 Å². The van der Waals surface area contributed by atoms with Crippen LogP contribution in [0.1, 0.15) is 34.2 Å². The third-order valence-electron chi connectivity index (χ3n) is 2.51. The zero-order valence-electron chi connectivity index (χ0n) is 9.17. The van der Waals surface area contributed by atoms with Gasteiger partial charge in [-0.2, -0.15) is 0 Å². The Kier molecular flexibility index (Phi) is 3.44. The van der Waals surface area contributed by atoms with Gasteiger partial charge < -0.3 is 9.47 Å². The normalized spacial score (nSPS) is 13.7. The van der Waals surface area contributed by atoms with Crippen molar-refractivity contribution < 1.29 is 14.3 Å². The van der Waals surface area contributed by atoms with Crippen molar-refractivity contribution in [1.29, 1.82) is 0 Å². The highest BCUT2D eigenvalue weighted by molar-refractivity contribution is 14.1. The van der Waals surface area contributed by atoms with Crippen LogP contribution in [0, 0.1) is 10.5 Å². The molecule has 5 heteroatoms. The second kappa shape index (κ2) is 4.67. The molecule has 0 atom stereocenters. The number of rotatable bonds is 2. The Labute approximate surface area is 107 Å². The van der Waals surface area contributed by atoms with Crippen molar-refractivity contribution in [2.24, 2.45) is 0 Å². The molecule has 0 aromatic carbocycles. The largest absolute Gasteiger partial charge is 0.461 e. The molecule has 1 aliphatic rings. The fourth-order valence-electron chi connectivity index (χ4n) is 1.71. The summed E-state index contributed by atoms with van der Waals surface area (Å²) in [6.07, 6.45) is 0. The van der Waals surface area contributed by atoms with Gasteiger partial charge in [0.15, 0.2) is 5.69 Å². The molecule has 0 amide bonds. The van der Waals surface area contributed by atoms with Gasteiger partial charge in [0.1, 0.15) is 0 Å². The number of esters is 1. The Balaban J connectivity index is 2.48. The van der Waals surface area contributed by atoms with E-state index in [0.717, 1.165) is 20.4 Å². The Bertz CT molecular complexity index is 445. The average molecular weight is 333 g/mol. The van der Waals surface area contributed by atoms with Gasteiger partial charge >= 0.3 is 5.97 Å². The summed E-state index contributed by atoms with van der Waals surface area (Å²) in [4.78, 5) is 16.0. The zero-order valence-corrected chi connectivity index (χ0v) is 11.3. The molecule has 86 valence electrons. The van der Waals surface area contributed by atoms with Gasteiger partial charge in [0.2, 0.25) is 0 Å². The summed E-state index contributed by atoms with van der Waals surface area (Å²) >= 11 is 2.13. The number of pyridine rings is 1. The first kappa shape index (κ1) is 11.8. The number of hydrogen-bond acceptors (Lipinski definition) is 4. The van der Waals surface area contributed by atoms with Crippen LogP contribution in [0.3, 0.4) is 0 Å². The Morgan fingerprint density at radius 2 is 2.19 bits per heavy atom. The van der Waals surface area contributed by atoms with Gasteiger partial charge in [0.05, 0.1) is 23.4 Å². The number of fused-ring (bicyclic) bond motifs is 1. The van der Waals surface area contributed by atoms with Gasteiger partial charge in [-0.3, -0.25) is 0 Å². The van der Waals surface area contributed by atoms with Gasteiger partial charge in [0, 0.05) is 16.8 Å². The Hall–Kier alpha value is -0.690. The summed E-state index contributed by atoms with van der Waals surface area (Å²) < 4.78 is 11.2. The van der Waals surface area contributed by atoms with Gasteiger partial charge in [0.25, 0.3) is 0 Å². The molecule has 1 aromatic heterocycles. The average Bonchev–Trinajstić information content (AvgIpc) is 2.73. The number of halogens is 1. The molecule has 0 saturated heterocycles. The van der Waals surface area contributed by atoms with Crippen LogP contribution >= 0.6 is 22.6 Å². The molecule has 0 unspecified atom stereocenters. The molecule has 4 nitrogen and oxygen atoms in total.